The van der Waals surface area contributed by atoms with Crippen molar-refractivity contribution in [2.45, 2.75) is 44.8 Å². The summed E-state index contributed by atoms with van der Waals surface area (Å²) in [6, 6.07) is 20.7. The normalized spacial score (nSPS) is 18.4. The third-order valence-electron chi connectivity index (χ3n) is 6.55. The maximum atomic E-state index is 13.2. The summed E-state index contributed by atoms with van der Waals surface area (Å²) >= 11 is 0. The zero-order valence-corrected chi connectivity index (χ0v) is 18.8. The molecule has 6 nitrogen and oxygen atoms in total. The van der Waals surface area contributed by atoms with Gasteiger partial charge >= 0.3 is 6.03 Å². The molecule has 172 valence electrons. The van der Waals surface area contributed by atoms with Crippen LogP contribution in [-0.4, -0.2) is 28.8 Å². The van der Waals surface area contributed by atoms with Crippen molar-refractivity contribution in [2.75, 3.05) is 0 Å². The van der Waals surface area contributed by atoms with E-state index in [0.717, 1.165) is 48.4 Å². The van der Waals surface area contributed by atoms with Crippen molar-refractivity contribution in [3.8, 4) is 5.75 Å². The standard InChI is InChI=1S/C28H26N2O4/c31-26-24(27(32)30(28(33)29-26)22-13-2-1-3-14-22)17-20-10-5-7-16-25(20)34-18-21-12-8-11-19-9-4-6-15-23(19)21/h4-12,15-17,22H,1-3,13-14,18H2,(H,29,31,33). The molecule has 4 amide bonds. The molecule has 3 aromatic rings. The van der Waals surface area contributed by atoms with Crippen molar-refractivity contribution < 1.29 is 19.1 Å². The van der Waals surface area contributed by atoms with Crippen LogP contribution < -0.4 is 10.1 Å². The number of nitrogens with zero attached hydrogens (tertiary/aromatic N) is 1. The van der Waals surface area contributed by atoms with Crippen LogP contribution in [0.1, 0.15) is 43.2 Å². The van der Waals surface area contributed by atoms with Crippen molar-refractivity contribution >= 4 is 34.7 Å². The van der Waals surface area contributed by atoms with Crippen LogP contribution in [0.25, 0.3) is 16.8 Å². The maximum absolute atomic E-state index is 13.2. The molecule has 6 heteroatoms. The highest BCUT2D eigenvalue weighted by Gasteiger charge is 2.40. The topological polar surface area (TPSA) is 75.7 Å². The Balaban J connectivity index is 1.42. The number of carbonyl (C=O) groups is 3. The average molecular weight is 455 g/mol. The fourth-order valence-corrected chi connectivity index (χ4v) is 4.80. The number of para-hydroxylation sites is 1. The summed E-state index contributed by atoms with van der Waals surface area (Å²) in [5.41, 5.74) is 1.60. The van der Waals surface area contributed by atoms with E-state index in [9.17, 15) is 14.4 Å². The fourth-order valence-electron chi connectivity index (χ4n) is 4.80. The molecule has 2 fully saturated rings. The van der Waals surface area contributed by atoms with Gasteiger partial charge in [-0.3, -0.25) is 19.8 Å². The molecule has 0 spiro atoms. The van der Waals surface area contributed by atoms with E-state index >= 15 is 0 Å². The molecule has 1 saturated heterocycles. The number of rotatable bonds is 5. The molecule has 5 rings (SSSR count). The molecule has 1 aliphatic carbocycles. The number of hydrogen-bond acceptors (Lipinski definition) is 4. The van der Waals surface area contributed by atoms with Crippen LogP contribution >= 0.6 is 0 Å². The molecular weight excluding hydrogens is 428 g/mol. The third kappa shape index (κ3) is 4.31. The first-order valence-corrected chi connectivity index (χ1v) is 11.7. The van der Waals surface area contributed by atoms with Gasteiger partial charge in [-0.15, -0.1) is 0 Å². The molecule has 1 saturated carbocycles. The molecule has 1 heterocycles. The van der Waals surface area contributed by atoms with Gasteiger partial charge in [0.25, 0.3) is 11.8 Å². The van der Waals surface area contributed by atoms with E-state index in [0.29, 0.717) is 17.9 Å². The van der Waals surface area contributed by atoms with Crippen molar-refractivity contribution in [3.05, 3.63) is 83.4 Å². The average Bonchev–Trinajstić information content (AvgIpc) is 2.86. The van der Waals surface area contributed by atoms with E-state index < -0.39 is 17.8 Å². The number of nitrogens with one attached hydrogen (secondary N) is 1. The number of fused-ring (bicyclic) bond motifs is 1. The summed E-state index contributed by atoms with van der Waals surface area (Å²) in [6.45, 7) is 0.342. The fraction of sp³-hybridized carbons (Fsp3) is 0.250. The largest absolute Gasteiger partial charge is 0.488 e. The maximum Gasteiger partial charge on any atom is 0.331 e. The Hall–Kier alpha value is -3.93. The quantitative estimate of drug-likeness (QED) is 0.424. The van der Waals surface area contributed by atoms with Gasteiger partial charge in [0.2, 0.25) is 0 Å². The number of benzene rings is 3. The minimum atomic E-state index is -0.675. The van der Waals surface area contributed by atoms with Crippen LogP contribution in [0.15, 0.2) is 72.3 Å². The highest BCUT2D eigenvalue weighted by molar-refractivity contribution is 6.31. The molecule has 2 aliphatic rings. The van der Waals surface area contributed by atoms with Crippen molar-refractivity contribution in [3.63, 3.8) is 0 Å². The summed E-state index contributed by atoms with van der Waals surface area (Å²) in [5.74, 6) is -0.653. The predicted molar refractivity (Wildman–Crippen MR) is 130 cm³/mol. The Morgan fingerprint density at radius 1 is 0.882 bits per heavy atom. The monoisotopic (exact) mass is 454 g/mol. The predicted octanol–water partition coefficient (Wildman–Crippen LogP) is 5.21. The minimum absolute atomic E-state index is 0.0496. The Labute approximate surface area is 198 Å². The van der Waals surface area contributed by atoms with Crippen molar-refractivity contribution in [2.24, 2.45) is 0 Å². The van der Waals surface area contributed by atoms with Crippen LogP contribution in [0.5, 0.6) is 5.75 Å². The highest BCUT2D eigenvalue weighted by atomic mass is 16.5. The van der Waals surface area contributed by atoms with Crippen LogP contribution in [0.3, 0.4) is 0 Å². The Morgan fingerprint density at radius 2 is 1.62 bits per heavy atom. The van der Waals surface area contributed by atoms with Crippen LogP contribution in [0.2, 0.25) is 0 Å². The third-order valence-corrected chi connectivity index (χ3v) is 6.55. The van der Waals surface area contributed by atoms with E-state index in [-0.39, 0.29) is 11.6 Å². The molecule has 0 radical (unpaired) electrons. The number of imide groups is 2. The number of hydrogen-bond donors (Lipinski definition) is 1. The van der Waals surface area contributed by atoms with Gasteiger partial charge in [-0.05, 0) is 41.3 Å². The number of carbonyl (C=O) groups excluding carboxylic acids is 3. The van der Waals surface area contributed by atoms with Gasteiger partial charge in [-0.25, -0.2) is 4.79 Å². The first kappa shape index (κ1) is 21.9. The van der Waals surface area contributed by atoms with Crippen LogP contribution in [-0.2, 0) is 16.2 Å². The van der Waals surface area contributed by atoms with Gasteiger partial charge in [0.15, 0.2) is 0 Å². The Bertz CT molecular complexity index is 1290. The molecular formula is C28H26N2O4. The van der Waals surface area contributed by atoms with E-state index in [1.807, 2.05) is 42.5 Å². The molecule has 0 bridgehead atoms. The highest BCUT2D eigenvalue weighted by Crippen LogP contribution is 2.29. The summed E-state index contributed by atoms with van der Waals surface area (Å²) in [7, 11) is 0. The number of amides is 4. The van der Waals surface area contributed by atoms with Crippen LogP contribution in [0, 0.1) is 0 Å². The smallest absolute Gasteiger partial charge is 0.331 e. The summed E-state index contributed by atoms with van der Waals surface area (Å²) in [4.78, 5) is 39.5. The number of urea groups is 1. The summed E-state index contributed by atoms with van der Waals surface area (Å²) in [6.07, 6.45) is 6.11. The number of barbiturate groups is 1. The second-order valence-electron chi connectivity index (χ2n) is 8.75. The molecule has 34 heavy (non-hydrogen) atoms. The number of ether oxygens (including phenoxy) is 1. The van der Waals surface area contributed by atoms with Gasteiger partial charge in [0, 0.05) is 11.6 Å². The lowest BCUT2D eigenvalue weighted by atomic mass is 9.93. The van der Waals surface area contributed by atoms with Gasteiger partial charge in [0.05, 0.1) is 0 Å². The van der Waals surface area contributed by atoms with E-state index in [1.165, 1.54) is 11.0 Å². The molecule has 0 atom stereocenters. The molecule has 1 aliphatic heterocycles. The lowest BCUT2D eigenvalue weighted by Crippen LogP contribution is -2.58. The first-order valence-electron chi connectivity index (χ1n) is 11.7. The summed E-state index contributed by atoms with van der Waals surface area (Å²) < 4.78 is 6.14. The molecule has 0 unspecified atom stereocenters. The Morgan fingerprint density at radius 3 is 2.47 bits per heavy atom. The summed E-state index contributed by atoms with van der Waals surface area (Å²) in [5, 5.41) is 4.59. The van der Waals surface area contributed by atoms with E-state index in [2.05, 4.69) is 23.5 Å². The molecule has 3 aromatic carbocycles. The van der Waals surface area contributed by atoms with Crippen LogP contribution in [0.4, 0.5) is 4.79 Å². The second kappa shape index (κ2) is 9.51. The second-order valence-corrected chi connectivity index (χ2v) is 8.75. The Kier molecular flexibility index (Phi) is 6.12. The molecule has 1 N–H and O–H groups in total. The van der Waals surface area contributed by atoms with Gasteiger partial charge in [-0.2, -0.15) is 0 Å². The SMILES string of the molecule is O=C1NC(=O)N(C2CCCCC2)C(=O)C1=Cc1ccccc1OCc1cccc2ccccc12. The zero-order chi connectivity index (χ0) is 23.5. The molecule has 0 aromatic heterocycles. The van der Waals surface area contributed by atoms with Crippen molar-refractivity contribution in [1.29, 1.82) is 0 Å². The minimum Gasteiger partial charge on any atom is -0.488 e. The first-order chi connectivity index (χ1) is 16.6. The van der Waals surface area contributed by atoms with E-state index in [1.54, 1.807) is 6.07 Å². The van der Waals surface area contributed by atoms with Gasteiger partial charge in [-0.1, -0.05) is 79.9 Å². The van der Waals surface area contributed by atoms with Gasteiger partial charge in [0.1, 0.15) is 17.9 Å². The van der Waals surface area contributed by atoms with Gasteiger partial charge < -0.3 is 4.74 Å². The van der Waals surface area contributed by atoms with Crippen molar-refractivity contribution in [1.82, 2.24) is 10.2 Å². The lowest BCUT2D eigenvalue weighted by Gasteiger charge is -2.35. The van der Waals surface area contributed by atoms with E-state index in [4.69, 9.17) is 4.74 Å². The lowest BCUT2D eigenvalue weighted by molar-refractivity contribution is -0.132. The zero-order valence-electron chi connectivity index (χ0n) is 18.8.